The molecule has 3 aliphatic rings. The van der Waals surface area contributed by atoms with Crippen LogP contribution in [0.4, 0.5) is 0 Å². The zero-order chi connectivity index (χ0) is 22.0. The van der Waals surface area contributed by atoms with Crippen molar-refractivity contribution in [1.82, 2.24) is 14.7 Å². The molecule has 1 saturated heterocycles. The van der Waals surface area contributed by atoms with Gasteiger partial charge in [0.25, 0.3) is 0 Å². The van der Waals surface area contributed by atoms with Crippen LogP contribution in [0.3, 0.4) is 0 Å². The molecule has 2 atom stereocenters. The summed E-state index contributed by atoms with van der Waals surface area (Å²) in [4.78, 5) is 31.5. The molecule has 182 valence electrons. The zero-order valence-corrected chi connectivity index (χ0v) is 21.0. The molecule has 4 rings (SSSR count). The molecule has 0 saturated carbocycles. The number of nitrogens with zero attached hydrogens (tertiary/aromatic N) is 3. The number of hydrogen-bond donors (Lipinski definition) is 0. The number of halogens is 2. The quantitative estimate of drug-likeness (QED) is 0.444. The maximum absolute atomic E-state index is 12.9. The number of rotatable bonds is 6. The summed E-state index contributed by atoms with van der Waals surface area (Å²) < 4.78 is 10.3. The minimum Gasteiger partial charge on any atom is -0.497 e. The lowest BCUT2D eigenvalue weighted by Crippen LogP contribution is -2.47. The minimum atomic E-state index is -0.338. The van der Waals surface area contributed by atoms with E-state index in [-0.39, 0.29) is 48.5 Å². The van der Waals surface area contributed by atoms with Gasteiger partial charge in [0.15, 0.2) is 0 Å². The molecule has 0 radical (unpaired) electrons. The number of fused-ring (bicyclic) bond motifs is 1. The number of amides is 1. The summed E-state index contributed by atoms with van der Waals surface area (Å²) >= 11 is 0. The molecule has 0 unspecified atom stereocenters. The predicted octanol–water partition coefficient (Wildman–Crippen LogP) is 2.75. The van der Waals surface area contributed by atoms with Crippen LogP contribution in [0.1, 0.15) is 12.0 Å². The van der Waals surface area contributed by atoms with E-state index in [1.807, 2.05) is 12.1 Å². The highest BCUT2D eigenvalue weighted by Gasteiger charge is 2.44. The Morgan fingerprint density at radius 2 is 1.73 bits per heavy atom. The van der Waals surface area contributed by atoms with Crippen molar-refractivity contribution in [2.45, 2.75) is 13.0 Å². The third-order valence-corrected chi connectivity index (χ3v) is 6.61. The molecule has 1 aromatic rings. The highest BCUT2D eigenvalue weighted by molar-refractivity contribution is 5.95. The van der Waals surface area contributed by atoms with Crippen LogP contribution < -0.4 is 4.74 Å². The first-order valence-electron chi connectivity index (χ1n) is 10.8. The number of carbonyl (C=O) groups is 2. The van der Waals surface area contributed by atoms with E-state index < -0.39 is 0 Å². The molecule has 1 amide bonds. The van der Waals surface area contributed by atoms with Crippen molar-refractivity contribution in [2.75, 3.05) is 54.0 Å². The number of hydrogen-bond acceptors (Lipinski definition) is 6. The van der Waals surface area contributed by atoms with E-state index in [1.165, 1.54) is 12.7 Å². The molecular weight excluding hydrogens is 465 g/mol. The van der Waals surface area contributed by atoms with E-state index in [0.29, 0.717) is 5.57 Å². The molecular formula is C24H33Cl2N3O4. The Bertz CT molecular complexity index is 913. The summed E-state index contributed by atoms with van der Waals surface area (Å²) in [6, 6.07) is 8.22. The average Bonchev–Trinajstić information content (AvgIpc) is 3.21. The van der Waals surface area contributed by atoms with Gasteiger partial charge in [-0.05, 0) is 29.7 Å². The molecule has 0 aromatic heterocycles. The van der Waals surface area contributed by atoms with Gasteiger partial charge in [-0.25, -0.2) is 4.79 Å². The normalized spacial score (nSPS) is 23.0. The lowest BCUT2D eigenvalue weighted by atomic mass is 9.82. The summed E-state index contributed by atoms with van der Waals surface area (Å²) in [5, 5.41) is 0. The summed E-state index contributed by atoms with van der Waals surface area (Å²) in [6.07, 6.45) is 4.52. The first-order chi connectivity index (χ1) is 15.0. The molecule has 0 bridgehead atoms. The van der Waals surface area contributed by atoms with Crippen molar-refractivity contribution in [3.05, 3.63) is 53.3 Å². The summed E-state index contributed by atoms with van der Waals surface area (Å²) in [5.41, 5.74) is 2.99. The maximum atomic E-state index is 12.9. The molecule has 1 aromatic carbocycles. The van der Waals surface area contributed by atoms with Gasteiger partial charge in [-0.1, -0.05) is 18.2 Å². The van der Waals surface area contributed by atoms with Gasteiger partial charge in [0.2, 0.25) is 5.91 Å². The Morgan fingerprint density at radius 3 is 2.36 bits per heavy atom. The first kappa shape index (κ1) is 27.2. The van der Waals surface area contributed by atoms with E-state index in [0.717, 1.165) is 57.0 Å². The van der Waals surface area contributed by atoms with Crippen molar-refractivity contribution in [3.8, 4) is 5.75 Å². The smallest absolute Gasteiger partial charge is 0.335 e. The van der Waals surface area contributed by atoms with Crippen LogP contribution in [0.5, 0.6) is 5.75 Å². The highest BCUT2D eigenvalue weighted by Crippen LogP contribution is 2.41. The van der Waals surface area contributed by atoms with E-state index in [9.17, 15) is 9.59 Å². The molecule has 0 spiro atoms. The number of piperazine rings is 1. The number of esters is 1. The number of ether oxygens (including phenoxy) is 2. The monoisotopic (exact) mass is 497 g/mol. The van der Waals surface area contributed by atoms with Crippen LogP contribution in [0.2, 0.25) is 0 Å². The summed E-state index contributed by atoms with van der Waals surface area (Å²) in [7, 11) is 4.80. The second-order valence-corrected chi connectivity index (χ2v) is 8.53. The van der Waals surface area contributed by atoms with Gasteiger partial charge >= 0.3 is 5.97 Å². The Labute approximate surface area is 208 Å². The largest absolute Gasteiger partial charge is 0.497 e. The van der Waals surface area contributed by atoms with Crippen LogP contribution in [-0.4, -0.2) is 80.6 Å². The van der Waals surface area contributed by atoms with E-state index in [4.69, 9.17) is 9.47 Å². The number of methoxy groups -OCH3 is 2. The molecule has 2 aliphatic heterocycles. The molecule has 33 heavy (non-hydrogen) atoms. The fourth-order valence-corrected chi connectivity index (χ4v) is 4.90. The second-order valence-electron chi connectivity index (χ2n) is 8.53. The third kappa shape index (κ3) is 5.90. The van der Waals surface area contributed by atoms with Crippen LogP contribution in [0.25, 0.3) is 0 Å². The SMILES string of the molecule is COC(=O)C1=CN(C)C(=O)[C@@H]2C(CN3CCN(Cc4cccc(OC)c4)CC3)=CC[C@H]12.Cl.Cl. The molecule has 0 N–H and O–H groups in total. The van der Waals surface area contributed by atoms with Gasteiger partial charge in [-0.15, -0.1) is 24.8 Å². The van der Waals surface area contributed by atoms with Gasteiger partial charge < -0.3 is 14.4 Å². The van der Waals surface area contributed by atoms with E-state index in [2.05, 4.69) is 28.0 Å². The highest BCUT2D eigenvalue weighted by atomic mass is 35.5. The summed E-state index contributed by atoms with van der Waals surface area (Å²) in [5.74, 6) is 0.272. The lowest BCUT2D eigenvalue weighted by Gasteiger charge is -2.37. The Hall–Kier alpha value is -2.06. The van der Waals surface area contributed by atoms with Crippen molar-refractivity contribution >= 4 is 36.7 Å². The van der Waals surface area contributed by atoms with E-state index >= 15 is 0 Å². The molecule has 1 aliphatic carbocycles. The molecule has 9 heteroatoms. The Kier molecular flexibility index (Phi) is 9.79. The average molecular weight is 498 g/mol. The third-order valence-electron chi connectivity index (χ3n) is 6.61. The van der Waals surface area contributed by atoms with E-state index in [1.54, 1.807) is 25.3 Å². The van der Waals surface area contributed by atoms with Crippen LogP contribution in [0.15, 0.2) is 47.7 Å². The van der Waals surface area contributed by atoms with Crippen LogP contribution >= 0.6 is 24.8 Å². The van der Waals surface area contributed by atoms with Gasteiger partial charge in [-0.3, -0.25) is 14.6 Å². The van der Waals surface area contributed by atoms with Crippen molar-refractivity contribution in [1.29, 1.82) is 0 Å². The fourth-order valence-electron chi connectivity index (χ4n) is 4.90. The number of carbonyl (C=O) groups excluding carboxylic acids is 2. The molecule has 7 nitrogen and oxygen atoms in total. The van der Waals surface area contributed by atoms with Gasteiger partial charge in [0.05, 0.1) is 25.7 Å². The van der Waals surface area contributed by atoms with Crippen LogP contribution in [0, 0.1) is 11.8 Å². The standard InChI is InChI=1S/C24H31N3O4.2ClH/c1-25-16-21(24(29)31-3)20-8-7-18(22(20)23(25)28)15-27-11-9-26(10-12-27)14-17-5-4-6-19(13-17)30-2;;/h4-7,13,16,20,22H,8-12,14-15H2,1-3H3;2*1H/t20-,22-;;/m1../s1. The van der Waals surface area contributed by atoms with Gasteiger partial charge in [0, 0.05) is 58.4 Å². The fraction of sp³-hybridized carbons (Fsp3) is 0.500. The Morgan fingerprint density at radius 1 is 1.06 bits per heavy atom. The van der Waals surface area contributed by atoms with Crippen molar-refractivity contribution < 1.29 is 19.1 Å². The lowest BCUT2D eigenvalue weighted by molar-refractivity contribution is -0.138. The van der Waals surface area contributed by atoms with Gasteiger partial charge in [-0.2, -0.15) is 0 Å². The topological polar surface area (TPSA) is 62.3 Å². The first-order valence-corrected chi connectivity index (χ1v) is 10.8. The molecule has 1 fully saturated rings. The minimum absolute atomic E-state index is 0. The van der Waals surface area contributed by atoms with Crippen molar-refractivity contribution in [3.63, 3.8) is 0 Å². The number of benzene rings is 1. The molecule has 2 heterocycles. The number of allylic oxidation sites excluding steroid dienone is 1. The van der Waals surface area contributed by atoms with Crippen LogP contribution in [-0.2, 0) is 20.9 Å². The maximum Gasteiger partial charge on any atom is 0.335 e. The van der Waals surface area contributed by atoms with Gasteiger partial charge in [0.1, 0.15) is 5.75 Å². The predicted molar refractivity (Wildman–Crippen MR) is 132 cm³/mol. The second kappa shape index (κ2) is 11.9. The zero-order valence-electron chi connectivity index (χ0n) is 19.4. The van der Waals surface area contributed by atoms with Crippen molar-refractivity contribution in [2.24, 2.45) is 11.8 Å². The Balaban J connectivity index is 0.00000193. The summed E-state index contributed by atoms with van der Waals surface area (Å²) in [6.45, 7) is 5.58.